The lowest BCUT2D eigenvalue weighted by Crippen LogP contribution is -2.45. The van der Waals surface area contributed by atoms with Crippen molar-refractivity contribution in [1.29, 1.82) is 0 Å². The number of fused-ring (bicyclic) bond motifs is 1. The van der Waals surface area contributed by atoms with Crippen LogP contribution in [0, 0.1) is 5.82 Å². The minimum absolute atomic E-state index is 0.244. The molecule has 0 N–H and O–H groups in total. The molecule has 144 valence electrons. The molecule has 3 rings (SSSR count). The first-order valence-electron chi connectivity index (χ1n) is 9.16. The highest BCUT2D eigenvalue weighted by molar-refractivity contribution is 5.69. The summed E-state index contributed by atoms with van der Waals surface area (Å²) in [5.41, 5.74) is -1.25. The molecule has 0 aliphatic carbocycles. The van der Waals surface area contributed by atoms with Crippen molar-refractivity contribution in [2.75, 3.05) is 7.04 Å². The van der Waals surface area contributed by atoms with Gasteiger partial charge < -0.3 is 9.47 Å². The zero-order valence-electron chi connectivity index (χ0n) is 17.2. The van der Waals surface area contributed by atoms with E-state index in [1.807, 2.05) is 0 Å². The van der Waals surface area contributed by atoms with Crippen LogP contribution < -0.4 is 4.74 Å². The number of pyridine rings is 2. The molecule has 0 radical (unpaired) electrons. The molecule has 0 aliphatic heterocycles. The zero-order chi connectivity index (χ0) is 22.3. The van der Waals surface area contributed by atoms with E-state index in [9.17, 15) is 17.6 Å². The van der Waals surface area contributed by atoms with Gasteiger partial charge in [0.05, 0.1) is 16.2 Å². The van der Waals surface area contributed by atoms with Gasteiger partial charge in [-0.1, -0.05) is 5.21 Å². The third-order valence-electron chi connectivity index (χ3n) is 3.88. The number of ether oxygens (including phenoxy) is 2. The highest BCUT2D eigenvalue weighted by Crippen LogP contribution is 2.35. The quantitative estimate of drug-likeness (QED) is 0.624. The van der Waals surface area contributed by atoms with Crippen LogP contribution in [0.25, 0.3) is 16.6 Å². The van der Waals surface area contributed by atoms with Gasteiger partial charge in [0.25, 0.3) is 5.88 Å². The number of methoxy groups -OCH3 is 1. The van der Waals surface area contributed by atoms with Crippen LogP contribution in [0.1, 0.15) is 23.7 Å². The Morgan fingerprint density at radius 2 is 2.00 bits per heavy atom. The lowest BCUT2D eigenvalue weighted by atomic mass is 10.1. The van der Waals surface area contributed by atoms with E-state index in [0.29, 0.717) is 11.1 Å². The van der Waals surface area contributed by atoms with Crippen LogP contribution in [0.4, 0.5) is 17.6 Å². The second-order valence-electron chi connectivity index (χ2n) is 6.19. The van der Waals surface area contributed by atoms with Gasteiger partial charge in [0.15, 0.2) is 11.4 Å². The summed E-state index contributed by atoms with van der Waals surface area (Å²) in [6.07, 6.45) is -2.04. The Bertz CT molecular complexity index is 1070. The van der Waals surface area contributed by atoms with Crippen molar-refractivity contribution in [3.05, 3.63) is 42.1 Å². The van der Waals surface area contributed by atoms with Gasteiger partial charge in [-0.3, -0.25) is 0 Å². The monoisotopic (exact) mass is 387 g/mol. The molecule has 0 unspecified atom stereocenters. The molecule has 0 fully saturated rings. The fourth-order valence-corrected chi connectivity index (χ4v) is 2.25. The first kappa shape index (κ1) is 15.3. The number of rotatable bonds is 5. The first-order chi connectivity index (χ1) is 13.8. The molecule has 3 heterocycles. The van der Waals surface area contributed by atoms with E-state index in [0.717, 1.165) is 19.9 Å². The second kappa shape index (κ2) is 6.76. The minimum Gasteiger partial charge on any atom is -0.460 e. The van der Waals surface area contributed by atoms with E-state index in [1.54, 1.807) is 12.1 Å². The maximum atomic E-state index is 14.4. The van der Waals surface area contributed by atoms with Crippen molar-refractivity contribution in [2.24, 2.45) is 0 Å². The highest BCUT2D eigenvalue weighted by atomic mass is 19.4. The number of alkyl halides is 3. The summed E-state index contributed by atoms with van der Waals surface area (Å²) in [6, 6.07) is 4.10. The smallest absolute Gasteiger partial charge is 0.427 e. The number of nitrogens with zero attached hydrogens (tertiary/aromatic N) is 4. The molecule has 27 heavy (non-hydrogen) atoms. The van der Waals surface area contributed by atoms with Crippen molar-refractivity contribution < 1.29 is 31.1 Å². The molecule has 6 nitrogen and oxygen atoms in total. The van der Waals surface area contributed by atoms with E-state index < -0.39 is 30.5 Å². The van der Waals surface area contributed by atoms with Crippen LogP contribution in [0.5, 0.6) is 5.88 Å². The van der Waals surface area contributed by atoms with Crippen molar-refractivity contribution in [1.82, 2.24) is 19.8 Å². The molecule has 0 saturated carbocycles. The standard InChI is InChI=1S/C17H16F4N4O2/c1-16(2,17(19,20)21)27-15-12(18)6-11(8-22-15)10-4-5-25-14(7-10)13(9-26-3)23-24-25/h4-8H,9H2,1-3H3/i3D3. The SMILES string of the molecule is [2H]C([2H])([2H])OCc1nnn2ccc(-c3cnc(OC(C)(C)C(F)(F)F)c(F)c3)cc12. The molecule has 0 aromatic carbocycles. The van der Waals surface area contributed by atoms with Crippen LogP contribution in [0.2, 0.25) is 0 Å². The predicted octanol–water partition coefficient (Wildman–Crippen LogP) is 3.80. The summed E-state index contributed by atoms with van der Waals surface area (Å²) in [6.45, 7) is 1.21. The lowest BCUT2D eigenvalue weighted by molar-refractivity contribution is -0.235. The second-order valence-corrected chi connectivity index (χ2v) is 6.19. The molecule has 0 spiro atoms. The summed E-state index contributed by atoms with van der Waals surface area (Å²) in [5, 5.41) is 7.69. The Labute approximate surface area is 155 Å². The van der Waals surface area contributed by atoms with E-state index in [-0.39, 0.29) is 17.9 Å². The van der Waals surface area contributed by atoms with Gasteiger partial charge in [0, 0.05) is 25.0 Å². The molecule has 3 aromatic rings. The molecule has 10 heteroatoms. The van der Waals surface area contributed by atoms with Crippen LogP contribution >= 0.6 is 0 Å². The van der Waals surface area contributed by atoms with Gasteiger partial charge in [-0.25, -0.2) is 13.9 Å². The molecule has 0 bridgehead atoms. The topological polar surface area (TPSA) is 61.5 Å². The predicted molar refractivity (Wildman–Crippen MR) is 87.7 cm³/mol. The van der Waals surface area contributed by atoms with Crippen molar-refractivity contribution in [3.8, 4) is 17.0 Å². The fourth-order valence-electron chi connectivity index (χ4n) is 2.25. The molecule has 3 aromatic heterocycles. The summed E-state index contributed by atoms with van der Waals surface area (Å²) in [4.78, 5) is 3.68. The third kappa shape index (κ3) is 3.70. The summed E-state index contributed by atoms with van der Waals surface area (Å²) < 4.78 is 85.3. The van der Waals surface area contributed by atoms with Crippen molar-refractivity contribution in [2.45, 2.75) is 32.2 Å². The third-order valence-corrected chi connectivity index (χ3v) is 3.88. The number of aromatic nitrogens is 4. The van der Waals surface area contributed by atoms with Gasteiger partial charge in [0.1, 0.15) is 5.69 Å². The van der Waals surface area contributed by atoms with E-state index >= 15 is 0 Å². The number of hydrogen-bond donors (Lipinski definition) is 0. The Hall–Kier alpha value is -2.75. The van der Waals surface area contributed by atoms with E-state index in [2.05, 4.69) is 15.3 Å². The molecular formula is C17H16F4N4O2. The van der Waals surface area contributed by atoms with Crippen LogP contribution in [0.15, 0.2) is 30.6 Å². The average molecular weight is 387 g/mol. The maximum Gasteiger partial charge on any atom is 0.427 e. The minimum atomic E-state index is -4.72. The van der Waals surface area contributed by atoms with Crippen LogP contribution in [-0.4, -0.2) is 38.6 Å². The van der Waals surface area contributed by atoms with Gasteiger partial charge in [-0.15, -0.1) is 5.10 Å². The lowest BCUT2D eigenvalue weighted by Gasteiger charge is -2.28. The fraction of sp³-hybridized carbons (Fsp3) is 0.353. The largest absolute Gasteiger partial charge is 0.460 e. The van der Waals surface area contributed by atoms with Crippen LogP contribution in [0.3, 0.4) is 0 Å². The number of halogens is 4. The zero-order valence-corrected chi connectivity index (χ0v) is 14.2. The molecule has 0 amide bonds. The highest BCUT2D eigenvalue weighted by Gasteiger charge is 2.50. The maximum absolute atomic E-state index is 14.4. The summed E-state index contributed by atoms with van der Waals surface area (Å²) in [5.74, 6) is -1.85. The van der Waals surface area contributed by atoms with Gasteiger partial charge in [-0.05, 0) is 37.6 Å². The van der Waals surface area contributed by atoms with Gasteiger partial charge in [0.2, 0.25) is 0 Å². The Morgan fingerprint density at radius 1 is 1.22 bits per heavy atom. The Balaban J connectivity index is 1.89. The number of hydrogen-bond acceptors (Lipinski definition) is 5. The van der Waals surface area contributed by atoms with E-state index in [4.69, 9.17) is 13.6 Å². The van der Waals surface area contributed by atoms with Gasteiger partial charge >= 0.3 is 6.18 Å². The molecular weight excluding hydrogens is 368 g/mol. The van der Waals surface area contributed by atoms with E-state index in [1.165, 1.54) is 16.9 Å². The van der Waals surface area contributed by atoms with Crippen molar-refractivity contribution in [3.63, 3.8) is 0 Å². The Kier molecular flexibility index (Phi) is 3.84. The summed E-state index contributed by atoms with van der Waals surface area (Å²) >= 11 is 0. The normalized spacial score (nSPS) is 14.7. The molecule has 0 aliphatic rings. The molecule has 0 saturated heterocycles. The first-order valence-corrected chi connectivity index (χ1v) is 7.66. The molecule has 0 atom stereocenters. The Morgan fingerprint density at radius 3 is 2.67 bits per heavy atom. The van der Waals surface area contributed by atoms with Crippen LogP contribution in [-0.2, 0) is 11.3 Å². The van der Waals surface area contributed by atoms with Crippen molar-refractivity contribution >= 4 is 5.52 Å². The van der Waals surface area contributed by atoms with Gasteiger partial charge in [-0.2, -0.15) is 13.2 Å². The average Bonchev–Trinajstić information content (AvgIpc) is 3.02. The summed E-state index contributed by atoms with van der Waals surface area (Å²) in [7, 11) is -2.61.